The Labute approximate surface area is 263 Å². The molecule has 0 N–H and O–H groups in total. The molecule has 1 unspecified atom stereocenters. The first kappa shape index (κ1) is 28.8. The maximum atomic E-state index is 15.0. The van der Waals surface area contributed by atoms with E-state index in [0.717, 1.165) is 10.0 Å². The highest BCUT2D eigenvalue weighted by Gasteiger charge is 2.37. The second-order valence-corrected chi connectivity index (χ2v) is 10.9. The predicted molar refractivity (Wildman–Crippen MR) is 174 cm³/mol. The molecule has 1 heterocycles. The molecule has 5 aromatic carbocycles. The standard InChI is InChI=1S/C36H27BrN4O3/c1-44-31-23-21-29(22-24-31)40(32(25-11-5-2-6-12-25)33(42)26-13-7-3-8-14-26)36(43)35-39-38-34(27-15-9-4-10-16-27)41(35)30-19-17-28(37)18-20-30/h2-24,32H,1H3. The number of anilines is 1. The highest BCUT2D eigenvalue weighted by Crippen LogP contribution is 2.34. The van der Waals surface area contributed by atoms with E-state index >= 15 is 0 Å². The lowest BCUT2D eigenvalue weighted by Crippen LogP contribution is -2.40. The first-order chi connectivity index (χ1) is 21.5. The Hall–Kier alpha value is -5.34. The van der Waals surface area contributed by atoms with Crippen LogP contribution in [0.15, 0.2) is 144 Å². The number of ketones is 1. The van der Waals surface area contributed by atoms with Gasteiger partial charge in [-0.25, -0.2) is 0 Å². The van der Waals surface area contributed by atoms with Crippen molar-refractivity contribution in [2.45, 2.75) is 6.04 Å². The molecule has 44 heavy (non-hydrogen) atoms. The fourth-order valence-corrected chi connectivity index (χ4v) is 5.34. The van der Waals surface area contributed by atoms with Crippen molar-refractivity contribution in [1.29, 1.82) is 0 Å². The molecule has 0 aliphatic heterocycles. The average molecular weight is 644 g/mol. The zero-order valence-electron chi connectivity index (χ0n) is 23.7. The molecule has 0 radical (unpaired) electrons. The maximum Gasteiger partial charge on any atom is 0.297 e. The van der Waals surface area contributed by atoms with Gasteiger partial charge in [0.25, 0.3) is 5.91 Å². The largest absolute Gasteiger partial charge is 0.497 e. The summed E-state index contributed by atoms with van der Waals surface area (Å²) in [4.78, 5) is 30.8. The molecule has 0 saturated heterocycles. The summed E-state index contributed by atoms with van der Waals surface area (Å²) in [6, 6.07) is 41.5. The maximum absolute atomic E-state index is 15.0. The van der Waals surface area contributed by atoms with Gasteiger partial charge in [0.2, 0.25) is 5.82 Å². The van der Waals surface area contributed by atoms with E-state index < -0.39 is 11.9 Å². The van der Waals surface area contributed by atoms with Gasteiger partial charge < -0.3 is 4.74 Å². The van der Waals surface area contributed by atoms with Crippen molar-refractivity contribution in [3.8, 4) is 22.8 Å². The van der Waals surface area contributed by atoms with E-state index in [1.54, 1.807) is 48.1 Å². The van der Waals surface area contributed by atoms with Gasteiger partial charge in [-0.15, -0.1) is 10.2 Å². The SMILES string of the molecule is COc1ccc(N(C(=O)c2nnc(-c3ccccc3)n2-c2ccc(Br)cc2)C(C(=O)c2ccccc2)c2ccccc2)cc1. The van der Waals surface area contributed by atoms with Crippen LogP contribution in [0.1, 0.15) is 32.6 Å². The molecule has 0 aliphatic carbocycles. The Morgan fingerprint density at radius 1 is 0.727 bits per heavy atom. The fourth-order valence-electron chi connectivity index (χ4n) is 5.08. The van der Waals surface area contributed by atoms with Gasteiger partial charge >= 0.3 is 0 Å². The van der Waals surface area contributed by atoms with E-state index in [1.165, 1.54) is 4.90 Å². The smallest absolute Gasteiger partial charge is 0.297 e. The lowest BCUT2D eigenvalue weighted by Gasteiger charge is -2.31. The van der Waals surface area contributed by atoms with E-state index in [2.05, 4.69) is 26.1 Å². The molecule has 216 valence electrons. The van der Waals surface area contributed by atoms with Gasteiger partial charge in [-0.3, -0.25) is 19.1 Å². The number of amides is 1. The predicted octanol–water partition coefficient (Wildman–Crippen LogP) is 7.98. The van der Waals surface area contributed by atoms with Gasteiger partial charge in [-0.1, -0.05) is 107 Å². The minimum Gasteiger partial charge on any atom is -0.497 e. The topological polar surface area (TPSA) is 77.3 Å². The molecular weight excluding hydrogens is 616 g/mol. The van der Waals surface area contributed by atoms with Crippen molar-refractivity contribution in [3.05, 3.63) is 161 Å². The van der Waals surface area contributed by atoms with Crippen molar-refractivity contribution in [3.63, 3.8) is 0 Å². The third kappa shape index (κ3) is 5.80. The van der Waals surface area contributed by atoms with E-state index in [9.17, 15) is 9.59 Å². The number of rotatable bonds is 9. The third-order valence-corrected chi connectivity index (χ3v) is 7.75. The molecule has 0 bridgehead atoms. The number of benzene rings is 5. The number of Topliss-reactive ketones (excluding diaryl/α,β-unsaturated/α-hetero) is 1. The van der Waals surface area contributed by atoms with Crippen LogP contribution in [0.5, 0.6) is 5.75 Å². The highest BCUT2D eigenvalue weighted by atomic mass is 79.9. The van der Waals surface area contributed by atoms with Crippen LogP contribution in [0.2, 0.25) is 0 Å². The molecule has 7 nitrogen and oxygen atoms in total. The van der Waals surface area contributed by atoms with Gasteiger partial charge in [-0.2, -0.15) is 0 Å². The Kier molecular flexibility index (Phi) is 8.43. The van der Waals surface area contributed by atoms with Crippen LogP contribution in [-0.2, 0) is 0 Å². The highest BCUT2D eigenvalue weighted by molar-refractivity contribution is 9.10. The van der Waals surface area contributed by atoms with Crippen LogP contribution in [0.25, 0.3) is 17.1 Å². The van der Waals surface area contributed by atoms with E-state index in [4.69, 9.17) is 4.74 Å². The van der Waals surface area contributed by atoms with Crippen molar-refractivity contribution >= 4 is 33.3 Å². The molecule has 0 fully saturated rings. The molecular formula is C36H27BrN4O3. The van der Waals surface area contributed by atoms with Crippen LogP contribution in [-0.4, -0.2) is 33.6 Å². The average Bonchev–Trinajstić information content (AvgIpc) is 3.53. The monoisotopic (exact) mass is 642 g/mol. The summed E-state index contributed by atoms with van der Waals surface area (Å²) in [5.41, 5.74) is 3.12. The van der Waals surface area contributed by atoms with E-state index in [0.29, 0.717) is 34.1 Å². The van der Waals surface area contributed by atoms with Crippen molar-refractivity contribution in [2.24, 2.45) is 0 Å². The molecule has 0 spiro atoms. The summed E-state index contributed by atoms with van der Waals surface area (Å²) < 4.78 is 8.02. The zero-order chi connectivity index (χ0) is 30.5. The normalized spacial score (nSPS) is 11.5. The summed E-state index contributed by atoms with van der Waals surface area (Å²) in [6.45, 7) is 0. The van der Waals surface area contributed by atoms with Crippen molar-refractivity contribution in [1.82, 2.24) is 14.8 Å². The number of carbonyl (C=O) groups is 2. The quantitative estimate of drug-likeness (QED) is 0.149. The van der Waals surface area contributed by atoms with E-state index in [-0.39, 0.29) is 11.6 Å². The summed E-state index contributed by atoms with van der Waals surface area (Å²) in [5.74, 6) is 0.446. The van der Waals surface area contributed by atoms with Crippen LogP contribution >= 0.6 is 15.9 Å². The van der Waals surface area contributed by atoms with Crippen molar-refractivity contribution in [2.75, 3.05) is 12.0 Å². The number of hydrogen-bond acceptors (Lipinski definition) is 5. The minimum absolute atomic E-state index is 0.0591. The van der Waals surface area contributed by atoms with Crippen LogP contribution in [0.4, 0.5) is 5.69 Å². The molecule has 6 rings (SSSR count). The molecule has 8 heteroatoms. The van der Waals surface area contributed by atoms with E-state index in [1.807, 2.05) is 103 Å². The number of aromatic nitrogens is 3. The Morgan fingerprint density at radius 3 is 1.93 bits per heavy atom. The number of halogens is 1. The Balaban J connectivity index is 1.58. The lowest BCUT2D eigenvalue weighted by atomic mass is 9.95. The molecule has 0 saturated carbocycles. The molecule has 6 aromatic rings. The summed E-state index contributed by atoms with van der Waals surface area (Å²) in [6.07, 6.45) is 0. The number of nitrogens with zero attached hydrogens (tertiary/aromatic N) is 4. The molecule has 0 aliphatic rings. The van der Waals surface area contributed by atoms with Gasteiger partial charge in [-0.05, 0) is 54.1 Å². The minimum atomic E-state index is -1.00. The second kappa shape index (κ2) is 12.9. The number of ether oxygens (including phenoxy) is 1. The van der Waals surface area contributed by atoms with Crippen LogP contribution in [0, 0.1) is 0 Å². The Morgan fingerprint density at radius 2 is 1.32 bits per heavy atom. The van der Waals surface area contributed by atoms with Gasteiger partial charge in [0.15, 0.2) is 11.6 Å². The molecule has 1 amide bonds. The first-order valence-electron chi connectivity index (χ1n) is 13.9. The number of hydrogen-bond donors (Lipinski definition) is 0. The first-order valence-corrected chi connectivity index (χ1v) is 14.7. The molecule has 1 atom stereocenters. The Bertz CT molecular complexity index is 1880. The van der Waals surface area contributed by atoms with Gasteiger partial charge in [0.05, 0.1) is 7.11 Å². The van der Waals surface area contributed by atoms with Crippen molar-refractivity contribution < 1.29 is 14.3 Å². The summed E-state index contributed by atoms with van der Waals surface area (Å²) in [5, 5.41) is 8.95. The van der Waals surface area contributed by atoms with Crippen LogP contribution < -0.4 is 9.64 Å². The van der Waals surface area contributed by atoms with Crippen LogP contribution in [0.3, 0.4) is 0 Å². The second-order valence-electron chi connectivity index (χ2n) is 9.94. The number of carbonyl (C=O) groups excluding carboxylic acids is 2. The fraction of sp³-hybridized carbons (Fsp3) is 0.0556. The zero-order valence-corrected chi connectivity index (χ0v) is 25.3. The summed E-state index contributed by atoms with van der Waals surface area (Å²) in [7, 11) is 1.58. The lowest BCUT2D eigenvalue weighted by molar-refractivity contribution is 0.0890. The molecule has 1 aromatic heterocycles. The third-order valence-electron chi connectivity index (χ3n) is 7.22. The summed E-state index contributed by atoms with van der Waals surface area (Å²) >= 11 is 3.50. The van der Waals surface area contributed by atoms with Gasteiger partial charge in [0.1, 0.15) is 11.8 Å². The number of methoxy groups -OCH3 is 1. The van der Waals surface area contributed by atoms with Gasteiger partial charge in [0, 0.05) is 27.0 Å².